The molecule has 0 atom stereocenters. The predicted molar refractivity (Wildman–Crippen MR) is 221 cm³/mol. The van der Waals surface area contributed by atoms with Crippen LogP contribution in [0, 0.1) is 0 Å². The highest BCUT2D eigenvalue weighted by atomic mass is 19.5. The Kier molecular flexibility index (Phi) is 21.3. The molecule has 65 heavy (non-hydrogen) atoms. The SMILES string of the molecule is CC(C)c1ccccc1-[n+]1ccc(-c2cc[n+](CCC[n+]3ccc(-c4cc[n+](-c5ccccc5C(C)C)cc4)cc3)cc2)cc1.F[B-](F)(F)F.F[B-](F)(F)F.F[B-](F)(F)F.F[B-](F)(F)F. The Bertz CT molecular complexity index is 2080. The first-order chi connectivity index (χ1) is 30.0. The maximum atomic E-state index is 9.75. The zero-order valence-electron chi connectivity index (χ0n) is 35.3. The summed E-state index contributed by atoms with van der Waals surface area (Å²) in [5.41, 5.74) is 10.1. The van der Waals surface area contributed by atoms with E-state index in [0.717, 1.165) is 19.5 Å². The molecule has 0 fully saturated rings. The van der Waals surface area contributed by atoms with Crippen LogP contribution in [0.25, 0.3) is 33.6 Å². The van der Waals surface area contributed by atoms with Crippen LogP contribution in [0.4, 0.5) is 69.1 Å². The molecule has 6 aromatic rings. The van der Waals surface area contributed by atoms with Crippen LogP contribution in [0.3, 0.4) is 0 Å². The van der Waals surface area contributed by atoms with Gasteiger partial charge in [-0.2, -0.15) is 9.13 Å². The summed E-state index contributed by atoms with van der Waals surface area (Å²) in [6, 6.07) is 35.0. The second-order valence-electron chi connectivity index (χ2n) is 14.4. The summed E-state index contributed by atoms with van der Waals surface area (Å²) in [4.78, 5) is 0. The van der Waals surface area contributed by atoms with Crippen molar-refractivity contribution in [2.45, 2.75) is 59.0 Å². The lowest BCUT2D eigenvalue weighted by Gasteiger charge is -2.08. The lowest BCUT2D eigenvalue weighted by molar-refractivity contribution is -0.726. The fraction of sp³-hybridized carbons (Fsp3) is 0.220. The highest BCUT2D eigenvalue weighted by Crippen LogP contribution is 2.22. The molecule has 0 spiro atoms. The second kappa shape index (κ2) is 25.0. The van der Waals surface area contributed by atoms with Gasteiger partial charge in [0.2, 0.25) is 11.4 Å². The summed E-state index contributed by atoms with van der Waals surface area (Å²) in [5.74, 6) is 0.967. The maximum absolute atomic E-state index is 9.75. The van der Waals surface area contributed by atoms with E-state index in [1.54, 1.807) is 0 Å². The average molecular weight is 940 g/mol. The molecule has 0 aliphatic heterocycles. The molecule has 0 bridgehead atoms. The third kappa shape index (κ3) is 24.7. The van der Waals surface area contributed by atoms with Gasteiger partial charge in [0.15, 0.2) is 62.7 Å². The average Bonchev–Trinajstić information content (AvgIpc) is 3.19. The van der Waals surface area contributed by atoms with Crippen molar-refractivity contribution in [1.82, 2.24) is 0 Å². The molecule has 0 saturated heterocycles. The van der Waals surface area contributed by atoms with Gasteiger partial charge in [-0.15, -0.1) is 0 Å². The zero-order chi connectivity index (χ0) is 49.2. The van der Waals surface area contributed by atoms with Crippen LogP contribution in [-0.4, -0.2) is 29.0 Å². The van der Waals surface area contributed by atoms with Gasteiger partial charge in [0.1, 0.15) is 0 Å². The molecule has 0 amide bonds. The van der Waals surface area contributed by atoms with E-state index >= 15 is 0 Å². The zero-order valence-corrected chi connectivity index (χ0v) is 35.3. The van der Waals surface area contributed by atoms with E-state index in [1.165, 1.54) is 44.8 Å². The van der Waals surface area contributed by atoms with Crippen molar-refractivity contribution in [1.29, 1.82) is 0 Å². The Morgan fingerprint density at radius 2 is 0.554 bits per heavy atom. The molecule has 4 nitrogen and oxygen atoms in total. The molecular weight excluding hydrogens is 896 g/mol. The van der Waals surface area contributed by atoms with E-state index in [0.29, 0.717) is 11.8 Å². The topological polar surface area (TPSA) is 15.5 Å². The van der Waals surface area contributed by atoms with Gasteiger partial charge in [-0.3, -0.25) is 0 Å². The molecular formula is C41H44B4F16N4. The first-order valence-corrected chi connectivity index (χ1v) is 19.7. The third-order valence-corrected chi connectivity index (χ3v) is 8.61. The van der Waals surface area contributed by atoms with Gasteiger partial charge in [-0.1, -0.05) is 64.1 Å². The monoisotopic (exact) mass is 940 g/mol. The van der Waals surface area contributed by atoms with Crippen LogP contribution in [-0.2, 0) is 13.1 Å². The van der Waals surface area contributed by atoms with Crippen molar-refractivity contribution < 1.29 is 87.3 Å². The van der Waals surface area contributed by atoms with Crippen molar-refractivity contribution >= 4 is 29.0 Å². The summed E-state index contributed by atoms with van der Waals surface area (Å²) in [6.07, 6.45) is 18.5. The number of benzene rings is 2. The summed E-state index contributed by atoms with van der Waals surface area (Å²) >= 11 is 0. The minimum Gasteiger partial charge on any atom is -0.418 e. The Labute approximate surface area is 366 Å². The number of hydrogen-bond donors (Lipinski definition) is 0. The summed E-state index contributed by atoms with van der Waals surface area (Å²) in [5, 5.41) is 0. The molecule has 24 heteroatoms. The van der Waals surface area contributed by atoms with E-state index in [-0.39, 0.29) is 0 Å². The quantitative estimate of drug-likeness (QED) is 0.0739. The number of aromatic nitrogens is 4. The number of hydrogen-bond acceptors (Lipinski definition) is 0. The van der Waals surface area contributed by atoms with E-state index in [1.807, 2.05) is 0 Å². The van der Waals surface area contributed by atoms with Crippen LogP contribution in [0.15, 0.2) is 147 Å². The summed E-state index contributed by atoms with van der Waals surface area (Å²) < 4.78 is 165. The number of nitrogens with zero attached hydrogens (tertiary/aromatic N) is 4. The van der Waals surface area contributed by atoms with Gasteiger partial charge in [0.25, 0.3) is 0 Å². The fourth-order valence-corrected chi connectivity index (χ4v) is 6.01. The minimum absolute atomic E-state index is 0.483. The molecule has 4 aromatic heterocycles. The molecule has 0 radical (unpaired) electrons. The van der Waals surface area contributed by atoms with Crippen LogP contribution < -0.4 is 18.3 Å². The number of halogens is 16. The number of para-hydroxylation sites is 2. The smallest absolute Gasteiger partial charge is 0.418 e. The Morgan fingerprint density at radius 1 is 0.338 bits per heavy atom. The van der Waals surface area contributed by atoms with Gasteiger partial charge < -0.3 is 69.1 Å². The van der Waals surface area contributed by atoms with Crippen LogP contribution in [0.1, 0.15) is 57.1 Å². The molecule has 0 aliphatic rings. The number of aryl methyl sites for hydroxylation is 2. The highest BCUT2D eigenvalue weighted by molar-refractivity contribution is 6.51. The summed E-state index contributed by atoms with van der Waals surface area (Å²) in [6.45, 7) is 10.9. The minimum atomic E-state index is -6.00. The second-order valence-corrected chi connectivity index (χ2v) is 14.4. The molecule has 2 aromatic carbocycles. The molecule has 0 unspecified atom stereocenters. The summed E-state index contributed by atoms with van der Waals surface area (Å²) in [7, 11) is -24.0. The van der Waals surface area contributed by atoms with Gasteiger partial charge in [-0.05, 0) is 34.1 Å². The Balaban J connectivity index is 0.000000609. The molecule has 0 N–H and O–H groups in total. The van der Waals surface area contributed by atoms with Gasteiger partial charge in [0, 0.05) is 71.8 Å². The predicted octanol–water partition coefficient (Wildman–Crippen LogP) is 12.7. The number of rotatable bonds is 10. The first kappa shape index (κ1) is 55.3. The van der Waals surface area contributed by atoms with Gasteiger partial charge in [0.05, 0.1) is 6.42 Å². The van der Waals surface area contributed by atoms with E-state index in [9.17, 15) is 69.1 Å². The lowest BCUT2D eigenvalue weighted by Crippen LogP contribution is -2.38. The number of pyridine rings is 4. The molecule has 0 aliphatic carbocycles. The normalized spacial score (nSPS) is 11.5. The Hall–Kier alpha value is -5.82. The highest BCUT2D eigenvalue weighted by Gasteiger charge is 2.22. The van der Waals surface area contributed by atoms with Crippen LogP contribution >= 0.6 is 0 Å². The van der Waals surface area contributed by atoms with E-state index in [4.69, 9.17) is 0 Å². The van der Waals surface area contributed by atoms with Crippen molar-refractivity contribution in [3.05, 3.63) is 158 Å². The van der Waals surface area contributed by atoms with Crippen molar-refractivity contribution in [2.24, 2.45) is 0 Å². The molecule has 352 valence electrons. The molecule has 4 heterocycles. The molecule has 6 rings (SSSR count). The van der Waals surface area contributed by atoms with Gasteiger partial charge in [-0.25, -0.2) is 9.13 Å². The maximum Gasteiger partial charge on any atom is 0.673 e. The van der Waals surface area contributed by atoms with Gasteiger partial charge >= 0.3 is 29.0 Å². The van der Waals surface area contributed by atoms with Crippen molar-refractivity contribution in [3.63, 3.8) is 0 Å². The van der Waals surface area contributed by atoms with Crippen molar-refractivity contribution in [2.75, 3.05) is 0 Å². The molecule has 0 saturated carbocycles. The standard InChI is InChI=1S/C41H44N4.4BF4/c1-32(2)38-10-5-7-12-40(38)44-28-18-36(19-29-44)34-14-24-42(25-15-34)22-9-23-43-26-16-35(17-27-43)37-20-30-45(31-21-37)41-13-8-6-11-39(41)33(3)4;4*2-1(3,4)5/h5-8,10-21,24-33H,9,22-23H2,1-4H3;;;;/q+4;4*-1. The first-order valence-electron chi connectivity index (χ1n) is 19.7. The van der Waals surface area contributed by atoms with Crippen molar-refractivity contribution in [3.8, 4) is 33.6 Å². The van der Waals surface area contributed by atoms with E-state index in [2.05, 4.69) is 193 Å². The van der Waals surface area contributed by atoms with E-state index < -0.39 is 29.0 Å². The van der Waals surface area contributed by atoms with Crippen LogP contribution in [0.5, 0.6) is 0 Å². The third-order valence-electron chi connectivity index (χ3n) is 8.61. The largest absolute Gasteiger partial charge is 0.673 e. The fourth-order valence-electron chi connectivity index (χ4n) is 6.01. The Morgan fingerprint density at radius 3 is 0.785 bits per heavy atom. The lowest BCUT2D eigenvalue weighted by atomic mass is 10.0. The van der Waals surface area contributed by atoms with Crippen LogP contribution in [0.2, 0.25) is 0 Å².